The van der Waals surface area contributed by atoms with Crippen LogP contribution < -0.4 is 5.73 Å². The maximum absolute atomic E-state index is 12.8. The highest BCUT2D eigenvalue weighted by atomic mass is 35.5. The van der Waals surface area contributed by atoms with Crippen LogP contribution in [0.2, 0.25) is 0 Å². The summed E-state index contributed by atoms with van der Waals surface area (Å²) in [6.07, 6.45) is 5.94. The number of hydrogen-bond acceptors (Lipinski definition) is 3. The number of rotatable bonds is 5. The van der Waals surface area contributed by atoms with Gasteiger partial charge in [-0.15, -0.1) is 12.4 Å². The van der Waals surface area contributed by atoms with Crippen LogP contribution in [0.4, 0.5) is 0 Å². The minimum atomic E-state index is 0. The Kier molecular flexibility index (Phi) is 6.14. The Hall–Kier alpha value is -0.320. The molecule has 2 bridgehead atoms. The van der Waals surface area contributed by atoms with E-state index in [0.717, 1.165) is 32.5 Å². The van der Waals surface area contributed by atoms with Crippen molar-refractivity contribution in [3.05, 3.63) is 0 Å². The van der Waals surface area contributed by atoms with Crippen molar-refractivity contribution in [3.8, 4) is 0 Å². The van der Waals surface area contributed by atoms with Gasteiger partial charge in [-0.1, -0.05) is 13.8 Å². The van der Waals surface area contributed by atoms with Gasteiger partial charge >= 0.3 is 0 Å². The SMILES string of the molecule is CC(C)CCOC1CCN(C(=O)C2C3CCC(C3)C2N)C1.Cl. The van der Waals surface area contributed by atoms with Crippen LogP contribution in [0.15, 0.2) is 0 Å². The van der Waals surface area contributed by atoms with E-state index in [2.05, 4.69) is 13.8 Å². The van der Waals surface area contributed by atoms with Gasteiger partial charge in [0.2, 0.25) is 5.91 Å². The largest absolute Gasteiger partial charge is 0.376 e. The Morgan fingerprint density at radius 3 is 2.64 bits per heavy atom. The van der Waals surface area contributed by atoms with Gasteiger partial charge in [0.05, 0.1) is 12.0 Å². The highest BCUT2D eigenvalue weighted by molar-refractivity contribution is 5.85. The van der Waals surface area contributed by atoms with E-state index in [1.54, 1.807) is 0 Å². The Bertz CT molecular complexity index is 389. The van der Waals surface area contributed by atoms with Crippen LogP contribution >= 0.6 is 12.4 Å². The Morgan fingerprint density at radius 2 is 2.00 bits per heavy atom. The monoisotopic (exact) mass is 330 g/mol. The number of hydrogen-bond donors (Lipinski definition) is 1. The minimum Gasteiger partial charge on any atom is -0.376 e. The van der Waals surface area contributed by atoms with E-state index in [9.17, 15) is 4.79 Å². The Labute approximate surface area is 140 Å². The van der Waals surface area contributed by atoms with Gasteiger partial charge in [-0.3, -0.25) is 4.79 Å². The summed E-state index contributed by atoms with van der Waals surface area (Å²) in [7, 11) is 0. The topological polar surface area (TPSA) is 55.6 Å². The molecule has 1 amide bonds. The Balaban J connectivity index is 0.00000176. The number of nitrogens with two attached hydrogens (primary N) is 1. The summed E-state index contributed by atoms with van der Waals surface area (Å²) in [6, 6.07) is 0.108. The first-order valence-electron chi connectivity index (χ1n) is 8.72. The lowest BCUT2D eigenvalue weighted by atomic mass is 9.84. The molecule has 22 heavy (non-hydrogen) atoms. The molecule has 5 atom stereocenters. The smallest absolute Gasteiger partial charge is 0.227 e. The fourth-order valence-corrected chi connectivity index (χ4v) is 4.45. The molecule has 3 fully saturated rings. The molecule has 2 aliphatic carbocycles. The number of amides is 1. The molecule has 1 saturated heterocycles. The van der Waals surface area contributed by atoms with Gasteiger partial charge < -0.3 is 15.4 Å². The first-order valence-corrected chi connectivity index (χ1v) is 8.72. The first-order chi connectivity index (χ1) is 10.1. The Morgan fingerprint density at radius 1 is 1.27 bits per heavy atom. The second kappa shape index (κ2) is 7.50. The quantitative estimate of drug-likeness (QED) is 0.842. The van der Waals surface area contributed by atoms with Crippen LogP contribution in [-0.2, 0) is 9.53 Å². The number of fused-ring (bicyclic) bond motifs is 2. The first kappa shape index (κ1) is 18.0. The van der Waals surface area contributed by atoms with Crippen molar-refractivity contribution in [2.75, 3.05) is 19.7 Å². The molecule has 1 heterocycles. The summed E-state index contributed by atoms with van der Waals surface area (Å²) in [5.41, 5.74) is 6.30. The lowest BCUT2D eigenvalue weighted by Gasteiger charge is -2.30. The van der Waals surface area contributed by atoms with Crippen LogP contribution in [0.3, 0.4) is 0 Å². The number of ether oxygens (including phenoxy) is 1. The van der Waals surface area contributed by atoms with Crippen LogP contribution in [0.1, 0.15) is 46.0 Å². The number of carbonyl (C=O) groups excluding carboxylic acids is 1. The maximum Gasteiger partial charge on any atom is 0.227 e. The van der Waals surface area contributed by atoms with E-state index in [1.165, 1.54) is 19.3 Å². The zero-order valence-electron chi connectivity index (χ0n) is 13.9. The van der Waals surface area contributed by atoms with E-state index in [-0.39, 0.29) is 30.5 Å². The summed E-state index contributed by atoms with van der Waals surface area (Å²) in [5.74, 6) is 2.24. The van der Waals surface area contributed by atoms with Crippen molar-refractivity contribution in [2.24, 2.45) is 29.4 Å². The lowest BCUT2D eigenvalue weighted by molar-refractivity contribution is -0.137. The van der Waals surface area contributed by atoms with Gasteiger partial charge in [-0.2, -0.15) is 0 Å². The molecule has 5 unspecified atom stereocenters. The normalized spacial score (nSPS) is 36.9. The van der Waals surface area contributed by atoms with Gasteiger partial charge in [-0.05, 0) is 49.9 Å². The molecule has 2 N–H and O–H groups in total. The van der Waals surface area contributed by atoms with Gasteiger partial charge in [0.15, 0.2) is 0 Å². The number of carbonyl (C=O) groups is 1. The fourth-order valence-electron chi connectivity index (χ4n) is 4.45. The molecule has 0 radical (unpaired) electrons. The van der Waals surface area contributed by atoms with Crippen molar-refractivity contribution in [1.82, 2.24) is 4.90 Å². The molecule has 0 aromatic carbocycles. The minimum absolute atomic E-state index is 0. The van der Waals surface area contributed by atoms with Gasteiger partial charge in [0.25, 0.3) is 0 Å². The third-order valence-electron chi connectivity index (χ3n) is 5.77. The average Bonchev–Trinajstić information content (AvgIpc) is 3.12. The molecule has 0 aromatic heterocycles. The van der Waals surface area contributed by atoms with Crippen LogP contribution in [0, 0.1) is 23.7 Å². The third-order valence-corrected chi connectivity index (χ3v) is 5.77. The standard InChI is InChI=1S/C17H30N2O2.ClH/c1-11(2)6-8-21-14-5-7-19(10-14)17(20)15-12-3-4-13(9-12)16(15)18;/h11-16H,3-10,18H2,1-2H3;1H. The molecule has 0 spiro atoms. The number of likely N-dealkylation sites (tertiary alicyclic amines) is 1. The van der Waals surface area contributed by atoms with Gasteiger partial charge in [0, 0.05) is 25.7 Å². The van der Waals surface area contributed by atoms with Crippen molar-refractivity contribution < 1.29 is 9.53 Å². The second-order valence-corrected chi connectivity index (χ2v) is 7.68. The van der Waals surface area contributed by atoms with Crippen molar-refractivity contribution in [1.29, 1.82) is 0 Å². The van der Waals surface area contributed by atoms with Crippen molar-refractivity contribution in [3.63, 3.8) is 0 Å². The molecule has 128 valence electrons. The van der Waals surface area contributed by atoms with E-state index < -0.39 is 0 Å². The summed E-state index contributed by atoms with van der Waals surface area (Å²) in [6.45, 7) is 6.87. The molecular weight excluding hydrogens is 300 g/mol. The summed E-state index contributed by atoms with van der Waals surface area (Å²) in [4.78, 5) is 14.8. The van der Waals surface area contributed by atoms with Gasteiger partial charge in [-0.25, -0.2) is 0 Å². The van der Waals surface area contributed by atoms with E-state index in [4.69, 9.17) is 10.5 Å². The highest BCUT2D eigenvalue weighted by Gasteiger charge is 2.50. The summed E-state index contributed by atoms with van der Waals surface area (Å²) < 4.78 is 5.92. The highest BCUT2D eigenvalue weighted by Crippen LogP contribution is 2.48. The molecule has 1 aliphatic heterocycles. The van der Waals surface area contributed by atoms with E-state index in [1.807, 2.05) is 4.90 Å². The second-order valence-electron chi connectivity index (χ2n) is 7.68. The number of nitrogens with zero attached hydrogens (tertiary/aromatic N) is 1. The van der Waals surface area contributed by atoms with Crippen molar-refractivity contribution >= 4 is 18.3 Å². The third kappa shape index (κ3) is 3.60. The average molecular weight is 331 g/mol. The summed E-state index contributed by atoms with van der Waals surface area (Å²) in [5, 5.41) is 0. The molecule has 0 aromatic rings. The van der Waals surface area contributed by atoms with E-state index >= 15 is 0 Å². The fraction of sp³-hybridized carbons (Fsp3) is 0.941. The predicted molar refractivity (Wildman–Crippen MR) is 89.9 cm³/mol. The lowest BCUT2D eigenvalue weighted by Crippen LogP contribution is -2.46. The molecular formula is C17H31ClN2O2. The summed E-state index contributed by atoms with van der Waals surface area (Å²) >= 11 is 0. The number of halogens is 1. The zero-order valence-corrected chi connectivity index (χ0v) is 14.7. The zero-order chi connectivity index (χ0) is 15.0. The van der Waals surface area contributed by atoms with Crippen LogP contribution in [0.25, 0.3) is 0 Å². The molecule has 3 rings (SSSR count). The van der Waals surface area contributed by atoms with Crippen LogP contribution in [0.5, 0.6) is 0 Å². The molecule has 3 aliphatic rings. The predicted octanol–water partition coefficient (Wildman–Crippen LogP) is 2.45. The molecule has 5 heteroatoms. The molecule has 4 nitrogen and oxygen atoms in total. The maximum atomic E-state index is 12.8. The van der Waals surface area contributed by atoms with E-state index in [0.29, 0.717) is 23.7 Å². The van der Waals surface area contributed by atoms with Crippen LogP contribution in [-0.4, -0.2) is 42.6 Å². The molecule has 2 saturated carbocycles. The van der Waals surface area contributed by atoms with Gasteiger partial charge in [0.1, 0.15) is 0 Å². The van der Waals surface area contributed by atoms with Crippen molar-refractivity contribution in [2.45, 2.75) is 58.1 Å².